The van der Waals surface area contributed by atoms with E-state index in [1.807, 2.05) is 31.2 Å². The van der Waals surface area contributed by atoms with E-state index in [0.29, 0.717) is 12.8 Å². The summed E-state index contributed by atoms with van der Waals surface area (Å²) >= 11 is 3.43. The van der Waals surface area contributed by atoms with Crippen molar-refractivity contribution in [2.24, 2.45) is 0 Å². The van der Waals surface area contributed by atoms with Crippen LogP contribution < -0.4 is 0 Å². The van der Waals surface area contributed by atoms with E-state index < -0.39 is 17.2 Å². The smallest absolute Gasteiger partial charge is 0.417 e. The summed E-state index contributed by atoms with van der Waals surface area (Å²) in [6.45, 7) is 9.44. The SMILES string of the molecule is CC(c1ccc(Br)cc1)C1(C)CCC(=O)N1C(=O)OC(C)(C)C. The maximum Gasteiger partial charge on any atom is 0.417 e. The van der Waals surface area contributed by atoms with Crippen molar-refractivity contribution in [3.05, 3.63) is 34.3 Å². The Bertz CT molecular complexity index is 606. The molecule has 0 aromatic heterocycles. The van der Waals surface area contributed by atoms with E-state index in [-0.39, 0.29) is 11.8 Å². The van der Waals surface area contributed by atoms with Gasteiger partial charge in [0.25, 0.3) is 0 Å². The predicted molar refractivity (Wildman–Crippen MR) is 93.3 cm³/mol. The molecule has 1 aromatic carbocycles. The van der Waals surface area contributed by atoms with Gasteiger partial charge in [-0.3, -0.25) is 4.79 Å². The number of nitrogens with zero attached hydrogens (tertiary/aromatic N) is 1. The molecule has 1 aliphatic heterocycles. The van der Waals surface area contributed by atoms with Gasteiger partial charge in [-0.2, -0.15) is 0 Å². The van der Waals surface area contributed by atoms with Crippen molar-refractivity contribution in [1.82, 2.24) is 4.90 Å². The van der Waals surface area contributed by atoms with Crippen LogP contribution in [0.5, 0.6) is 0 Å². The minimum absolute atomic E-state index is 0.0227. The molecule has 0 spiro atoms. The van der Waals surface area contributed by atoms with E-state index >= 15 is 0 Å². The molecule has 2 rings (SSSR count). The van der Waals surface area contributed by atoms with Gasteiger partial charge in [0.05, 0.1) is 5.54 Å². The van der Waals surface area contributed by atoms with E-state index in [1.165, 1.54) is 4.90 Å². The van der Waals surface area contributed by atoms with Crippen LogP contribution in [0.1, 0.15) is 58.9 Å². The zero-order chi connectivity index (χ0) is 17.4. The fourth-order valence-corrected chi connectivity index (χ4v) is 3.27. The van der Waals surface area contributed by atoms with Gasteiger partial charge in [0.1, 0.15) is 5.60 Å². The van der Waals surface area contributed by atoms with E-state index in [4.69, 9.17) is 4.74 Å². The highest BCUT2D eigenvalue weighted by atomic mass is 79.9. The van der Waals surface area contributed by atoms with E-state index in [2.05, 4.69) is 22.9 Å². The molecule has 1 heterocycles. The number of hydrogen-bond acceptors (Lipinski definition) is 3. The first-order chi connectivity index (χ1) is 10.5. The van der Waals surface area contributed by atoms with Gasteiger partial charge in [0.2, 0.25) is 5.91 Å². The Morgan fingerprint density at radius 2 is 1.87 bits per heavy atom. The fraction of sp³-hybridized carbons (Fsp3) is 0.556. The second-order valence-electron chi connectivity index (χ2n) is 7.34. The van der Waals surface area contributed by atoms with Gasteiger partial charge in [-0.1, -0.05) is 35.0 Å². The summed E-state index contributed by atoms with van der Waals surface area (Å²) in [7, 11) is 0. The normalized spacial score (nSPS) is 23.0. The molecule has 0 radical (unpaired) electrons. The monoisotopic (exact) mass is 381 g/mol. The number of benzene rings is 1. The molecule has 23 heavy (non-hydrogen) atoms. The Balaban J connectivity index is 2.31. The first-order valence-electron chi connectivity index (χ1n) is 7.86. The van der Waals surface area contributed by atoms with Crippen molar-refractivity contribution < 1.29 is 14.3 Å². The first-order valence-corrected chi connectivity index (χ1v) is 8.65. The zero-order valence-corrected chi connectivity index (χ0v) is 15.9. The second-order valence-corrected chi connectivity index (χ2v) is 8.26. The van der Waals surface area contributed by atoms with Crippen LogP contribution in [0, 0.1) is 0 Å². The number of likely N-dealkylation sites (tertiary alicyclic amines) is 1. The molecule has 2 atom stereocenters. The van der Waals surface area contributed by atoms with Crippen LogP contribution in [-0.2, 0) is 9.53 Å². The molecule has 1 aromatic rings. The molecule has 2 unspecified atom stereocenters. The molecule has 0 saturated carbocycles. The molecule has 0 N–H and O–H groups in total. The second kappa shape index (κ2) is 6.27. The molecule has 5 heteroatoms. The summed E-state index contributed by atoms with van der Waals surface area (Å²) in [6.07, 6.45) is 0.463. The Hall–Kier alpha value is -1.36. The number of imide groups is 1. The Morgan fingerprint density at radius 3 is 2.39 bits per heavy atom. The third-order valence-electron chi connectivity index (χ3n) is 4.48. The summed E-state index contributed by atoms with van der Waals surface area (Å²) in [5.41, 5.74) is -0.103. The summed E-state index contributed by atoms with van der Waals surface area (Å²) in [5.74, 6) is -0.139. The number of hydrogen-bond donors (Lipinski definition) is 0. The Morgan fingerprint density at radius 1 is 1.30 bits per heavy atom. The van der Waals surface area contributed by atoms with Crippen LogP contribution in [0.15, 0.2) is 28.7 Å². The number of ether oxygens (including phenoxy) is 1. The van der Waals surface area contributed by atoms with Gasteiger partial charge in [-0.05, 0) is 51.8 Å². The lowest BCUT2D eigenvalue weighted by atomic mass is 9.80. The highest BCUT2D eigenvalue weighted by molar-refractivity contribution is 9.10. The lowest BCUT2D eigenvalue weighted by Crippen LogP contribution is -2.51. The third-order valence-corrected chi connectivity index (χ3v) is 5.01. The third kappa shape index (κ3) is 3.77. The maximum atomic E-state index is 12.6. The summed E-state index contributed by atoms with van der Waals surface area (Å²) < 4.78 is 6.46. The molecule has 2 amide bonds. The van der Waals surface area contributed by atoms with Crippen LogP contribution in [-0.4, -0.2) is 28.0 Å². The minimum Gasteiger partial charge on any atom is -0.443 e. The van der Waals surface area contributed by atoms with E-state index in [9.17, 15) is 9.59 Å². The van der Waals surface area contributed by atoms with E-state index in [0.717, 1.165) is 10.0 Å². The van der Waals surface area contributed by atoms with Crippen molar-refractivity contribution in [1.29, 1.82) is 0 Å². The van der Waals surface area contributed by atoms with Gasteiger partial charge < -0.3 is 4.74 Å². The van der Waals surface area contributed by atoms with Crippen molar-refractivity contribution in [3.8, 4) is 0 Å². The summed E-state index contributed by atoms with van der Waals surface area (Å²) in [5, 5.41) is 0. The van der Waals surface area contributed by atoms with E-state index in [1.54, 1.807) is 20.8 Å². The molecular weight excluding hydrogens is 358 g/mol. The van der Waals surface area contributed by atoms with Crippen molar-refractivity contribution in [3.63, 3.8) is 0 Å². The molecule has 0 bridgehead atoms. The highest BCUT2D eigenvalue weighted by Crippen LogP contribution is 2.42. The van der Waals surface area contributed by atoms with Crippen LogP contribution in [0.25, 0.3) is 0 Å². The van der Waals surface area contributed by atoms with Gasteiger partial charge >= 0.3 is 6.09 Å². The minimum atomic E-state index is -0.623. The van der Waals surface area contributed by atoms with Gasteiger partial charge in [-0.15, -0.1) is 0 Å². The maximum absolute atomic E-state index is 12.6. The number of carbonyl (C=O) groups excluding carboxylic acids is 2. The fourth-order valence-electron chi connectivity index (χ4n) is 3.01. The molecular formula is C18H24BrNO3. The number of amides is 2. The topological polar surface area (TPSA) is 46.6 Å². The lowest BCUT2D eigenvalue weighted by Gasteiger charge is -2.39. The average Bonchev–Trinajstić information content (AvgIpc) is 2.74. The Labute approximate surface area is 146 Å². The standard InChI is InChI=1S/C18H24BrNO3/c1-12(13-6-8-14(19)9-7-13)18(5)11-10-15(21)20(18)16(22)23-17(2,3)4/h6-9,12H,10-11H2,1-5H3. The molecule has 1 aliphatic rings. The first kappa shape index (κ1) is 18.0. The van der Waals surface area contributed by atoms with Crippen LogP contribution in [0.2, 0.25) is 0 Å². The van der Waals surface area contributed by atoms with Gasteiger partial charge in [-0.25, -0.2) is 9.69 Å². The number of carbonyl (C=O) groups is 2. The number of halogens is 1. The zero-order valence-electron chi connectivity index (χ0n) is 14.4. The lowest BCUT2D eigenvalue weighted by molar-refractivity contribution is -0.130. The van der Waals surface area contributed by atoms with Crippen molar-refractivity contribution in [2.75, 3.05) is 0 Å². The van der Waals surface area contributed by atoms with Crippen LogP contribution in [0.4, 0.5) is 4.79 Å². The summed E-state index contributed by atoms with van der Waals surface area (Å²) in [4.78, 5) is 26.2. The van der Waals surface area contributed by atoms with Gasteiger partial charge in [0, 0.05) is 16.8 Å². The van der Waals surface area contributed by atoms with Crippen molar-refractivity contribution >= 4 is 27.9 Å². The van der Waals surface area contributed by atoms with Gasteiger partial charge in [0.15, 0.2) is 0 Å². The molecule has 0 aliphatic carbocycles. The van der Waals surface area contributed by atoms with Crippen molar-refractivity contribution in [2.45, 2.75) is 64.5 Å². The highest BCUT2D eigenvalue weighted by Gasteiger charge is 2.50. The number of rotatable bonds is 2. The van der Waals surface area contributed by atoms with Crippen LogP contribution >= 0.6 is 15.9 Å². The molecule has 126 valence electrons. The van der Waals surface area contributed by atoms with Crippen LogP contribution in [0.3, 0.4) is 0 Å². The molecule has 1 saturated heterocycles. The quantitative estimate of drug-likeness (QED) is 0.733. The molecule has 4 nitrogen and oxygen atoms in total. The largest absolute Gasteiger partial charge is 0.443 e. The Kier molecular flexibility index (Phi) is 4.90. The average molecular weight is 382 g/mol. The molecule has 1 fully saturated rings. The summed E-state index contributed by atoms with van der Waals surface area (Å²) in [6, 6.07) is 8.00. The predicted octanol–water partition coefficient (Wildman–Crippen LogP) is 4.87.